The molecule has 1 heterocycles. The molecule has 0 fully saturated rings. The van der Waals surface area contributed by atoms with Crippen LogP contribution >= 0.6 is 24.0 Å². The highest BCUT2D eigenvalue weighted by atomic mass is 32.2. The molecule has 3 nitrogen and oxygen atoms in total. The Morgan fingerprint density at radius 1 is 1.39 bits per heavy atom. The van der Waals surface area contributed by atoms with E-state index in [1.807, 2.05) is 36.9 Å². The van der Waals surface area contributed by atoms with Crippen molar-refractivity contribution in [1.29, 1.82) is 0 Å². The largest absolute Gasteiger partial charge is 0.362 e. The van der Waals surface area contributed by atoms with E-state index in [0.29, 0.717) is 9.86 Å². The molecule has 0 saturated carbocycles. The molecular formula is C13H21N3S2. The van der Waals surface area contributed by atoms with Crippen LogP contribution in [0.15, 0.2) is 18.2 Å². The van der Waals surface area contributed by atoms with Crippen LogP contribution in [0.25, 0.3) is 0 Å². The van der Waals surface area contributed by atoms with Gasteiger partial charge in [-0.25, -0.2) is 4.98 Å². The standard InChI is InChI=1S/C13H21N3S2/c1-10-6-5-7-11(15-10)16-12(17)14-8-9-18-13(2,3)4/h5-7H,8-9H2,1-4H3,(H2,14,15,16,17). The van der Waals surface area contributed by atoms with Gasteiger partial charge >= 0.3 is 0 Å². The van der Waals surface area contributed by atoms with E-state index in [2.05, 4.69) is 36.4 Å². The molecule has 0 radical (unpaired) electrons. The fourth-order valence-electron chi connectivity index (χ4n) is 1.29. The second kappa shape index (κ2) is 6.95. The van der Waals surface area contributed by atoms with Gasteiger partial charge in [0, 0.05) is 22.7 Å². The maximum Gasteiger partial charge on any atom is 0.171 e. The average Bonchev–Trinajstić information content (AvgIpc) is 2.23. The summed E-state index contributed by atoms with van der Waals surface area (Å²) >= 11 is 7.13. The molecule has 0 aliphatic carbocycles. The number of hydrogen-bond acceptors (Lipinski definition) is 3. The van der Waals surface area contributed by atoms with E-state index in [4.69, 9.17) is 12.2 Å². The van der Waals surface area contributed by atoms with Crippen LogP contribution in [0, 0.1) is 6.92 Å². The first-order chi connectivity index (χ1) is 8.37. The maximum atomic E-state index is 5.21. The highest BCUT2D eigenvalue weighted by molar-refractivity contribution is 8.00. The minimum absolute atomic E-state index is 0.300. The summed E-state index contributed by atoms with van der Waals surface area (Å²) in [5, 5.41) is 6.89. The summed E-state index contributed by atoms with van der Waals surface area (Å²) in [5.41, 5.74) is 0.978. The Morgan fingerprint density at radius 3 is 2.72 bits per heavy atom. The van der Waals surface area contributed by atoms with Crippen LogP contribution in [-0.2, 0) is 0 Å². The molecule has 0 spiro atoms. The Kier molecular flexibility index (Phi) is 5.88. The van der Waals surface area contributed by atoms with Crippen LogP contribution in [0.3, 0.4) is 0 Å². The zero-order chi connectivity index (χ0) is 13.6. The molecule has 0 unspecified atom stereocenters. The minimum atomic E-state index is 0.300. The van der Waals surface area contributed by atoms with Crippen LogP contribution in [0.5, 0.6) is 0 Å². The quantitative estimate of drug-likeness (QED) is 0.655. The van der Waals surface area contributed by atoms with E-state index < -0.39 is 0 Å². The number of thiocarbonyl (C=S) groups is 1. The van der Waals surface area contributed by atoms with Crippen molar-refractivity contribution >= 4 is 34.9 Å². The molecule has 0 bridgehead atoms. The van der Waals surface area contributed by atoms with Crippen LogP contribution in [0.4, 0.5) is 5.82 Å². The maximum absolute atomic E-state index is 5.21. The normalized spacial score (nSPS) is 11.1. The number of thioether (sulfide) groups is 1. The third-order valence-corrected chi connectivity index (χ3v) is 3.57. The van der Waals surface area contributed by atoms with Crippen LogP contribution in [-0.4, -0.2) is 27.1 Å². The molecule has 5 heteroatoms. The number of nitrogens with one attached hydrogen (secondary N) is 2. The van der Waals surface area contributed by atoms with Gasteiger partial charge < -0.3 is 10.6 Å². The molecule has 18 heavy (non-hydrogen) atoms. The summed E-state index contributed by atoms with van der Waals surface area (Å²) in [6, 6.07) is 5.83. The van der Waals surface area contributed by atoms with Gasteiger partial charge in [0.25, 0.3) is 0 Å². The Balaban J connectivity index is 2.26. The van der Waals surface area contributed by atoms with Gasteiger partial charge in [-0.2, -0.15) is 11.8 Å². The Bertz CT molecular complexity index is 399. The lowest BCUT2D eigenvalue weighted by atomic mass is 10.3. The zero-order valence-electron chi connectivity index (χ0n) is 11.4. The first-order valence-electron chi connectivity index (χ1n) is 5.99. The molecule has 0 amide bonds. The van der Waals surface area contributed by atoms with Crippen molar-refractivity contribution in [2.45, 2.75) is 32.4 Å². The number of rotatable bonds is 4. The van der Waals surface area contributed by atoms with Gasteiger partial charge in [-0.05, 0) is 31.3 Å². The molecular weight excluding hydrogens is 262 g/mol. The summed E-state index contributed by atoms with van der Waals surface area (Å²) in [6.07, 6.45) is 0. The smallest absolute Gasteiger partial charge is 0.171 e. The van der Waals surface area contributed by atoms with Gasteiger partial charge in [-0.15, -0.1) is 0 Å². The fraction of sp³-hybridized carbons (Fsp3) is 0.538. The first kappa shape index (κ1) is 15.2. The molecule has 2 N–H and O–H groups in total. The van der Waals surface area contributed by atoms with Gasteiger partial charge in [0.1, 0.15) is 5.82 Å². The Hall–Kier alpha value is -0.810. The average molecular weight is 283 g/mol. The molecule has 0 aliphatic rings. The number of nitrogens with zero attached hydrogens (tertiary/aromatic N) is 1. The van der Waals surface area contributed by atoms with Crippen LogP contribution in [0.2, 0.25) is 0 Å². The lowest BCUT2D eigenvalue weighted by molar-refractivity contribution is 0.799. The van der Waals surface area contributed by atoms with Gasteiger partial charge in [0.15, 0.2) is 5.11 Å². The summed E-state index contributed by atoms with van der Waals surface area (Å²) in [4.78, 5) is 4.34. The van der Waals surface area contributed by atoms with Crippen molar-refractivity contribution in [3.63, 3.8) is 0 Å². The fourth-order valence-corrected chi connectivity index (χ4v) is 2.32. The monoisotopic (exact) mass is 283 g/mol. The highest BCUT2D eigenvalue weighted by Crippen LogP contribution is 2.21. The third-order valence-electron chi connectivity index (χ3n) is 2.05. The van der Waals surface area contributed by atoms with Crippen molar-refractivity contribution in [1.82, 2.24) is 10.3 Å². The van der Waals surface area contributed by atoms with Crippen LogP contribution in [0.1, 0.15) is 26.5 Å². The molecule has 100 valence electrons. The predicted octanol–water partition coefficient (Wildman–Crippen LogP) is 3.21. The topological polar surface area (TPSA) is 37.0 Å². The number of anilines is 1. The molecule has 1 aromatic heterocycles. The van der Waals surface area contributed by atoms with E-state index in [1.165, 1.54) is 0 Å². The van der Waals surface area contributed by atoms with E-state index in [9.17, 15) is 0 Å². The van der Waals surface area contributed by atoms with Crippen molar-refractivity contribution in [3.05, 3.63) is 23.9 Å². The number of aromatic nitrogens is 1. The number of hydrogen-bond donors (Lipinski definition) is 2. The Labute approximate surface area is 119 Å². The van der Waals surface area contributed by atoms with Crippen molar-refractivity contribution in [3.8, 4) is 0 Å². The van der Waals surface area contributed by atoms with Crippen molar-refractivity contribution < 1.29 is 0 Å². The van der Waals surface area contributed by atoms with Crippen LogP contribution < -0.4 is 10.6 Å². The zero-order valence-corrected chi connectivity index (χ0v) is 13.0. The second-order valence-electron chi connectivity index (χ2n) is 5.01. The van der Waals surface area contributed by atoms with E-state index in [1.54, 1.807) is 0 Å². The van der Waals surface area contributed by atoms with Gasteiger partial charge in [-0.1, -0.05) is 26.8 Å². The highest BCUT2D eigenvalue weighted by Gasteiger charge is 2.09. The van der Waals surface area contributed by atoms with E-state index in [-0.39, 0.29) is 0 Å². The number of aryl methyl sites for hydroxylation is 1. The van der Waals surface area contributed by atoms with Gasteiger partial charge in [0.05, 0.1) is 0 Å². The molecule has 0 aliphatic heterocycles. The minimum Gasteiger partial charge on any atom is -0.362 e. The molecule has 0 aromatic carbocycles. The SMILES string of the molecule is Cc1cccc(NC(=S)NCCSC(C)(C)C)n1. The summed E-state index contributed by atoms with van der Waals surface area (Å²) < 4.78 is 0.300. The Morgan fingerprint density at radius 2 is 2.11 bits per heavy atom. The number of pyridine rings is 1. The van der Waals surface area contributed by atoms with Crippen molar-refractivity contribution in [2.75, 3.05) is 17.6 Å². The van der Waals surface area contributed by atoms with Gasteiger partial charge in [-0.3, -0.25) is 0 Å². The summed E-state index contributed by atoms with van der Waals surface area (Å²) in [5.74, 6) is 1.82. The lowest BCUT2D eigenvalue weighted by Gasteiger charge is -2.18. The van der Waals surface area contributed by atoms with E-state index >= 15 is 0 Å². The first-order valence-corrected chi connectivity index (χ1v) is 7.39. The summed E-state index contributed by atoms with van der Waals surface area (Å²) in [7, 11) is 0. The summed E-state index contributed by atoms with van der Waals surface area (Å²) in [6.45, 7) is 9.46. The second-order valence-corrected chi connectivity index (χ2v) is 7.34. The third kappa shape index (κ3) is 6.81. The molecule has 0 saturated heterocycles. The predicted molar refractivity (Wildman–Crippen MR) is 85.4 cm³/mol. The lowest BCUT2D eigenvalue weighted by Crippen LogP contribution is -2.31. The molecule has 0 atom stereocenters. The van der Waals surface area contributed by atoms with Gasteiger partial charge in [0.2, 0.25) is 0 Å². The van der Waals surface area contributed by atoms with Crippen molar-refractivity contribution in [2.24, 2.45) is 0 Å². The molecule has 1 rings (SSSR count). The van der Waals surface area contributed by atoms with E-state index in [0.717, 1.165) is 23.8 Å². The molecule has 1 aromatic rings.